The van der Waals surface area contributed by atoms with Gasteiger partial charge in [0.05, 0.1) is 10.5 Å². The summed E-state index contributed by atoms with van der Waals surface area (Å²) in [5, 5.41) is 10.8. The highest BCUT2D eigenvalue weighted by molar-refractivity contribution is 5.94. The zero-order valence-electron chi connectivity index (χ0n) is 9.16. The zero-order valence-corrected chi connectivity index (χ0v) is 9.16. The Morgan fingerprint density at radius 1 is 1.35 bits per heavy atom. The third-order valence-corrected chi connectivity index (χ3v) is 1.91. The second kappa shape index (κ2) is 5.74. The van der Waals surface area contributed by atoms with Gasteiger partial charge in [-0.15, -0.1) is 0 Å². The summed E-state index contributed by atoms with van der Waals surface area (Å²) in [6.07, 6.45) is -2.03. The minimum atomic E-state index is -1.57. The van der Waals surface area contributed by atoms with Crippen LogP contribution in [-0.2, 0) is 14.3 Å². The molecule has 0 aliphatic heterocycles. The van der Waals surface area contributed by atoms with Gasteiger partial charge in [0.15, 0.2) is 0 Å². The predicted octanol–water partition coefficient (Wildman–Crippen LogP) is 1.48. The summed E-state index contributed by atoms with van der Waals surface area (Å²) in [6.45, 7) is 1.21. The molecule has 0 radical (unpaired) electrons. The standard InChI is InChI=1S/C11H11NO5/c1-8(13)7-10(14)17-11(12(15)16)9-5-3-2-4-6-9/h2-6,11H,7H2,1H3. The zero-order chi connectivity index (χ0) is 12.8. The molecule has 0 saturated carbocycles. The maximum Gasteiger partial charge on any atom is 0.382 e. The lowest BCUT2D eigenvalue weighted by Gasteiger charge is -2.09. The number of hydrogen-bond acceptors (Lipinski definition) is 5. The van der Waals surface area contributed by atoms with E-state index in [0.29, 0.717) is 0 Å². The maximum absolute atomic E-state index is 11.2. The Morgan fingerprint density at radius 2 is 1.94 bits per heavy atom. The van der Waals surface area contributed by atoms with Crippen molar-refractivity contribution in [2.45, 2.75) is 19.6 Å². The first-order valence-electron chi connectivity index (χ1n) is 4.88. The summed E-state index contributed by atoms with van der Waals surface area (Å²) in [5.41, 5.74) is 0.259. The first kappa shape index (κ1) is 12.8. The van der Waals surface area contributed by atoms with Crippen molar-refractivity contribution in [3.63, 3.8) is 0 Å². The van der Waals surface area contributed by atoms with E-state index in [2.05, 4.69) is 4.74 Å². The molecule has 0 aliphatic carbocycles. The maximum atomic E-state index is 11.2. The van der Waals surface area contributed by atoms with Crippen LogP contribution in [0.1, 0.15) is 25.1 Å². The third-order valence-electron chi connectivity index (χ3n) is 1.91. The number of carbonyl (C=O) groups excluding carboxylic acids is 2. The topological polar surface area (TPSA) is 86.5 Å². The molecule has 1 aromatic rings. The molecule has 17 heavy (non-hydrogen) atoms. The van der Waals surface area contributed by atoms with Crippen LogP contribution >= 0.6 is 0 Å². The van der Waals surface area contributed by atoms with E-state index >= 15 is 0 Å². The molecular weight excluding hydrogens is 226 g/mol. The Balaban J connectivity index is 2.78. The number of benzene rings is 1. The van der Waals surface area contributed by atoms with Crippen LogP contribution in [0.25, 0.3) is 0 Å². The van der Waals surface area contributed by atoms with Gasteiger partial charge in [0, 0.05) is 0 Å². The van der Waals surface area contributed by atoms with Gasteiger partial charge in [0.1, 0.15) is 12.2 Å². The van der Waals surface area contributed by atoms with Gasteiger partial charge in [-0.3, -0.25) is 19.7 Å². The Hall–Kier alpha value is -2.24. The first-order valence-corrected chi connectivity index (χ1v) is 4.88. The summed E-state index contributed by atoms with van der Waals surface area (Å²) >= 11 is 0. The van der Waals surface area contributed by atoms with Crippen LogP contribution in [0.2, 0.25) is 0 Å². The number of carbonyl (C=O) groups is 2. The molecule has 0 fully saturated rings. The Labute approximate surface area is 97.3 Å². The van der Waals surface area contributed by atoms with Crippen LogP contribution in [0.15, 0.2) is 30.3 Å². The summed E-state index contributed by atoms with van der Waals surface area (Å²) in [7, 11) is 0. The SMILES string of the molecule is CC(=O)CC(=O)OC(c1ccccc1)[N+](=O)[O-]. The highest BCUT2D eigenvalue weighted by Crippen LogP contribution is 2.18. The van der Waals surface area contributed by atoms with E-state index in [-0.39, 0.29) is 5.56 Å². The number of rotatable bonds is 5. The van der Waals surface area contributed by atoms with Crippen LogP contribution in [-0.4, -0.2) is 16.7 Å². The van der Waals surface area contributed by atoms with Gasteiger partial charge in [-0.05, 0) is 19.1 Å². The molecule has 0 amide bonds. The molecule has 1 rings (SSSR count). The van der Waals surface area contributed by atoms with Crippen LogP contribution < -0.4 is 0 Å². The lowest BCUT2D eigenvalue weighted by molar-refractivity contribution is -0.575. The molecule has 0 aliphatic rings. The highest BCUT2D eigenvalue weighted by atomic mass is 16.7. The van der Waals surface area contributed by atoms with Gasteiger partial charge in [0.25, 0.3) is 0 Å². The molecule has 0 aromatic heterocycles. The minimum Gasteiger partial charge on any atom is -0.394 e. The van der Waals surface area contributed by atoms with E-state index in [1.54, 1.807) is 18.2 Å². The van der Waals surface area contributed by atoms with E-state index < -0.39 is 29.3 Å². The van der Waals surface area contributed by atoms with Gasteiger partial charge in [-0.2, -0.15) is 0 Å². The Morgan fingerprint density at radius 3 is 2.41 bits per heavy atom. The lowest BCUT2D eigenvalue weighted by atomic mass is 10.2. The lowest BCUT2D eigenvalue weighted by Crippen LogP contribution is -2.20. The molecule has 6 heteroatoms. The number of hydrogen-bond donors (Lipinski definition) is 0. The number of esters is 1. The van der Waals surface area contributed by atoms with Gasteiger partial charge >= 0.3 is 12.2 Å². The quantitative estimate of drug-likeness (QED) is 0.254. The molecular formula is C11H11NO5. The smallest absolute Gasteiger partial charge is 0.382 e. The van der Waals surface area contributed by atoms with Crippen molar-refractivity contribution in [3.05, 3.63) is 46.0 Å². The molecule has 0 heterocycles. The summed E-state index contributed by atoms with van der Waals surface area (Å²) < 4.78 is 4.65. The van der Waals surface area contributed by atoms with Crippen LogP contribution in [0.3, 0.4) is 0 Å². The van der Waals surface area contributed by atoms with Gasteiger partial charge in [0.2, 0.25) is 0 Å². The van der Waals surface area contributed by atoms with E-state index in [4.69, 9.17) is 0 Å². The molecule has 0 bridgehead atoms. The highest BCUT2D eigenvalue weighted by Gasteiger charge is 2.27. The molecule has 0 spiro atoms. The van der Waals surface area contributed by atoms with Crippen LogP contribution in [0.5, 0.6) is 0 Å². The van der Waals surface area contributed by atoms with Crippen molar-refractivity contribution < 1.29 is 19.2 Å². The fraction of sp³-hybridized carbons (Fsp3) is 0.273. The summed E-state index contributed by atoms with van der Waals surface area (Å²) in [4.78, 5) is 31.9. The van der Waals surface area contributed by atoms with Crippen LogP contribution in [0, 0.1) is 10.1 Å². The van der Waals surface area contributed by atoms with Crippen molar-refractivity contribution in [2.24, 2.45) is 0 Å². The Bertz CT molecular complexity index is 429. The number of nitrogens with zero attached hydrogens (tertiary/aromatic N) is 1. The normalized spacial score (nSPS) is 11.6. The molecule has 0 N–H and O–H groups in total. The molecule has 1 aromatic carbocycles. The largest absolute Gasteiger partial charge is 0.394 e. The second-order valence-electron chi connectivity index (χ2n) is 3.42. The fourth-order valence-corrected chi connectivity index (χ4v) is 1.22. The van der Waals surface area contributed by atoms with E-state index in [0.717, 1.165) is 0 Å². The van der Waals surface area contributed by atoms with E-state index in [1.807, 2.05) is 0 Å². The van der Waals surface area contributed by atoms with E-state index in [9.17, 15) is 19.7 Å². The van der Waals surface area contributed by atoms with Gasteiger partial charge < -0.3 is 4.74 Å². The molecule has 1 atom stereocenters. The third kappa shape index (κ3) is 4.02. The summed E-state index contributed by atoms with van der Waals surface area (Å²) in [5.74, 6) is -1.30. The number of nitro groups is 1. The van der Waals surface area contributed by atoms with Crippen molar-refractivity contribution in [1.29, 1.82) is 0 Å². The average molecular weight is 237 g/mol. The van der Waals surface area contributed by atoms with Crippen molar-refractivity contribution in [3.8, 4) is 0 Å². The monoisotopic (exact) mass is 237 g/mol. The number of ketones is 1. The van der Waals surface area contributed by atoms with Crippen molar-refractivity contribution >= 4 is 11.8 Å². The van der Waals surface area contributed by atoms with Gasteiger partial charge in [-0.1, -0.05) is 18.2 Å². The van der Waals surface area contributed by atoms with Gasteiger partial charge in [-0.25, -0.2) is 0 Å². The average Bonchev–Trinajstić information content (AvgIpc) is 2.25. The first-order chi connectivity index (χ1) is 8.00. The molecule has 6 nitrogen and oxygen atoms in total. The molecule has 0 saturated heterocycles. The number of ether oxygens (including phenoxy) is 1. The van der Waals surface area contributed by atoms with E-state index in [1.165, 1.54) is 19.1 Å². The summed E-state index contributed by atoms with van der Waals surface area (Å²) in [6, 6.07) is 7.86. The second-order valence-corrected chi connectivity index (χ2v) is 3.42. The fourth-order valence-electron chi connectivity index (χ4n) is 1.22. The number of Topliss-reactive ketones (excluding diaryl/α,β-unsaturated/α-hetero) is 1. The minimum absolute atomic E-state index is 0.259. The van der Waals surface area contributed by atoms with Crippen LogP contribution in [0.4, 0.5) is 0 Å². The molecule has 1 unspecified atom stereocenters. The Kier molecular flexibility index (Phi) is 4.33. The van der Waals surface area contributed by atoms with Crippen molar-refractivity contribution in [2.75, 3.05) is 0 Å². The molecule has 90 valence electrons. The van der Waals surface area contributed by atoms with Crippen molar-refractivity contribution in [1.82, 2.24) is 0 Å². The predicted molar refractivity (Wildman–Crippen MR) is 57.6 cm³/mol.